The number of aliphatic imine (C=N–C) groups is 1. The molecule has 0 radical (unpaired) electrons. The molecule has 3 fully saturated rings. The van der Waals surface area contributed by atoms with Gasteiger partial charge >= 0.3 is 6.03 Å². The number of nitrogens with one attached hydrogen (secondary N) is 2. The second-order valence-corrected chi connectivity index (χ2v) is 6.93. The number of hydrogen-bond donors (Lipinski definition) is 2. The maximum Gasteiger partial charge on any atom is 0.324 e. The highest BCUT2D eigenvalue weighted by molar-refractivity contribution is 14.0. The molecule has 3 aliphatic heterocycles. The maximum atomic E-state index is 12.4. The number of morpholine rings is 1. The summed E-state index contributed by atoms with van der Waals surface area (Å²) in [4.78, 5) is 47.2. The van der Waals surface area contributed by atoms with Gasteiger partial charge in [-0.25, -0.2) is 4.79 Å². The first-order valence-electron chi connectivity index (χ1n) is 9.70. The molecule has 4 amide bonds. The van der Waals surface area contributed by atoms with Crippen LogP contribution in [0.2, 0.25) is 0 Å². The van der Waals surface area contributed by atoms with E-state index in [9.17, 15) is 14.4 Å². The van der Waals surface area contributed by atoms with Gasteiger partial charge in [0, 0.05) is 59.4 Å². The third-order valence-electron chi connectivity index (χ3n) is 5.16. The minimum atomic E-state index is -0.347. The summed E-state index contributed by atoms with van der Waals surface area (Å²) in [6.07, 6.45) is 0. The first-order valence-corrected chi connectivity index (χ1v) is 9.70. The number of amides is 4. The number of nitrogens with zero attached hydrogens (tertiary/aromatic N) is 5. The second kappa shape index (κ2) is 11.5. The SMILES string of the molecule is CN=C(NCCN1C(=O)CNC1=O)N1CCN(CC(=O)N2CCOCC2)CC1.I. The van der Waals surface area contributed by atoms with Gasteiger partial charge in [0.2, 0.25) is 11.8 Å². The molecule has 164 valence electrons. The van der Waals surface area contributed by atoms with Gasteiger partial charge in [-0.1, -0.05) is 0 Å². The van der Waals surface area contributed by atoms with Crippen molar-refractivity contribution in [2.45, 2.75) is 0 Å². The van der Waals surface area contributed by atoms with Crippen molar-refractivity contribution in [3.8, 4) is 0 Å². The van der Waals surface area contributed by atoms with E-state index >= 15 is 0 Å². The minimum Gasteiger partial charge on any atom is -0.378 e. The lowest BCUT2D eigenvalue weighted by Crippen LogP contribution is -2.55. The quantitative estimate of drug-likeness (QED) is 0.190. The van der Waals surface area contributed by atoms with E-state index in [1.165, 1.54) is 4.90 Å². The van der Waals surface area contributed by atoms with E-state index in [-0.39, 0.29) is 48.4 Å². The zero-order chi connectivity index (χ0) is 19.9. The van der Waals surface area contributed by atoms with Gasteiger partial charge in [0.1, 0.15) is 0 Å². The van der Waals surface area contributed by atoms with Gasteiger partial charge < -0.3 is 25.2 Å². The largest absolute Gasteiger partial charge is 0.378 e. The van der Waals surface area contributed by atoms with Crippen LogP contribution >= 0.6 is 24.0 Å². The van der Waals surface area contributed by atoms with Gasteiger partial charge in [-0.05, 0) is 0 Å². The summed E-state index contributed by atoms with van der Waals surface area (Å²) in [7, 11) is 1.71. The lowest BCUT2D eigenvalue weighted by molar-refractivity contribution is -0.136. The van der Waals surface area contributed by atoms with Crippen LogP contribution in [-0.4, -0.2) is 129 Å². The van der Waals surface area contributed by atoms with Crippen molar-refractivity contribution >= 4 is 47.8 Å². The summed E-state index contributed by atoms with van der Waals surface area (Å²) < 4.78 is 5.29. The van der Waals surface area contributed by atoms with Crippen molar-refractivity contribution in [2.75, 3.05) is 85.7 Å². The lowest BCUT2D eigenvalue weighted by Gasteiger charge is -2.37. The van der Waals surface area contributed by atoms with Crippen LogP contribution in [0.4, 0.5) is 4.79 Å². The number of hydrogen-bond acceptors (Lipinski definition) is 6. The average molecular weight is 523 g/mol. The van der Waals surface area contributed by atoms with Crippen LogP contribution in [0.5, 0.6) is 0 Å². The van der Waals surface area contributed by atoms with E-state index in [0.717, 1.165) is 32.1 Å². The van der Waals surface area contributed by atoms with Gasteiger partial charge in [0.15, 0.2) is 5.96 Å². The van der Waals surface area contributed by atoms with Gasteiger partial charge in [0.05, 0.1) is 26.3 Å². The summed E-state index contributed by atoms with van der Waals surface area (Å²) in [5.74, 6) is 0.694. The van der Waals surface area contributed by atoms with Crippen molar-refractivity contribution in [2.24, 2.45) is 4.99 Å². The van der Waals surface area contributed by atoms with E-state index in [0.29, 0.717) is 45.9 Å². The molecule has 3 saturated heterocycles. The summed E-state index contributed by atoms with van der Waals surface area (Å²) in [5.41, 5.74) is 0. The molecule has 0 spiro atoms. The van der Waals surface area contributed by atoms with Gasteiger partial charge in [-0.3, -0.25) is 24.4 Å². The van der Waals surface area contributed by atoms with Crippen LogP contribution < -0.4 is 10.6 Å². The molecule has 3 heterocycles. The second-order valence-electron chi connectivity index (χ2n) is 6.93. The number of carbonyl (C=O) groups excluding carboxylic acids is 3. The maximum absolute atomic E-state index is 12.4. The third-order valence-corrected chi connectivity index (χ3v) is 5.16. The summed E-state index contributed by atoms with van der Waals surface area (Å²) >= 11 is 0. The Bertz CT molecular complexity index is 603. The molecule has 3 rings (SSSR count). The van der Waals surface area contributed by atoms with E-state index in [4.69, 9.17) is 4.74 Å². The lowest BCUT2D eigenvalue weighted by atomic mass is 10.3. The van der Waals surface area contributed by atoms with Crippen molar-refractivity contribution in [1.82, 2.24) is 30.2 Å². The predicted octanol–water partition coefficient (Wildman–Crippen LogP) is -1.79. The zero-order valence-corrected chi connectivity index (χ0v) is 19.1. The summed E-state index contributed by atoms with van der Waals surface area (Å²) in [6.45, 7) is 6.92. The number of halogens is 1. The fourth-order valence-corrected chi connectivity index (χ4v) is 3.52. The summed E-state index contributed by atoms with van der Waals surface area (Å²) in [5, 5.41) is 5.71. The Morgan fingerprint density at radius 3 is 2.38 bits per heavy atom. The molecule has 0 atom stereocenters. The molecule has 0 unspecified atom stereocenters. The Morgan fingerprint density at radius 2 is 1.79 bits per heavy atom. The van der Waals surface area contributed by atoms with Gasteiger partial charge in [-0.15, -0.1) is 24.0 Å². The van der Waals surface area contributed by atoms with Gasteiger partial charge in [-0.2, -0.15) is 0 Å². The first kappa shape index (κ1) is 23.6. The number of urea groups is 1. The topological polar surface area (TPSA) is 110 Å². The number of carbonyl (C=O) groups is 3. The highest BCUT2D eigenvalue weighted by Gasteiger charge is 2.28. The Balaban J connectivity index is 0.00000300. The monoisotopic (exact) mass is 523 g/mol. The Hall–Kier alpha value is -1.67. The van der Waals surface area contributed by atoms with Crippen LogP contribution in [0.15, 0.2) is 4.99 Å². The minimum absolute atomic E-state index is 0. The number of imide groups is 1. The van der Waals surface area contributed by atoms with Crippen molar-refractivity contribution in [3.63, 3.8) is 0 Å². The number of ether oxygens (including phenoxy) is 1. The molecule has 11 nitrogen and oxygen atoms in total. The Morgan fingerprint density at radius 1 is 1.10 bits per heavy atom. The molecule has 0 aromatic carbocycles. The van der Waals surface area contributed by atoms with Crippen LogP contribution in [0.25, 0.3) is 0 Å². The third kappa shape index (κ3) is 6.40. The predicted molar refractivity (Wildman–Crippen MR) is 117 cm³/mol. The standard InChI is InChI=1S/C17H29N7O4.HI/c1-18-16(19-2-3-24-14(25)12-20-17(24)27)23-6-4-21(5-7-23)13-15(26)22-8-10-28-11-9-22;/h2-13H2,1H3,(H,18,19)(H,20,27);1H. The Kier molecular flexibility index (Phi) is 9.36. The van der Waals surface area contributed by atoms with Crippen molar-refractivity contribution < 1.29 is 19.1 Å². The zero-order valence-electron chi connectivity index (χ0n) is 16.8. The van der Waals surface area contributed by atoms with Crippen LogP contribution in [-0.2, 0) is 14.3 Å². The Labute approximate surface area is 187 Å². The van der Waals surface area contributed by atoms with Crippen molar-refractivity contribution in [3.05, 3.63) is 0 Å². The smallest absolute Gasteiger partial charge is 0.324 e. The van der Waals surface area contributed by atoms with Crippen LogP contribution in [0.1, 0.15) is 0 Å². The molecule has 0 aliphatic carbocycles. The van der Waals surface area contributed by atoms with E-state index < -0.39 is 0 Å². The van der Waals surface area contributed by atoms with E-state index in [2.05, 4.69) is 25.4 Å². The highest BCUT2D eigenvalue weighted by atomic mass is 127. The molecule has 29 heavy (non-hydrogen) atoms. The molecular weight excluding hydrogens is 493 g/mol. The molecule has 3 aliphatic rings. The highest BCUT2D eigenvalue weighted by Crippen LogP contribution is 2.05. The fourth-order valence-electron chi connectivity index (χ4n) is 3.52. The van der Waals surface area contributed by atoms with Crippen LogP contribution in [0.3, 0.4) is 0 Å². The molecule has 2 N–H and O–H groups in total. The number of guanidine groups is 1. The van der Waals surface area contributed by atoms with E-state index in [1.807, 2.05) is 4.90 Å². The molecule has 0 aromatic heterocycles. The summed E-state index contributed by atoms with van der Waals surface area (Å²) in [6, 6.07) is -0.347. The number of piperazine rings is 1. The molecule has 0 aromatic rings. The first-order chi connectivity index (χ1) is 13.6. The molecule has 0 saturated carbocycles. The fraction of sp³-hybridized carbons (Fsp3) is 0.765. The van der Waals surface area contributed by atoms with Crippen LogP contribution in [0, 0.1) is 0 Å². The molecular formula is C17H30IN7O4. The average Bonchev–Trinajstić information content (AvgIpc) is 3.04. The van der Waals surface area contributed by atoms with Gasteiger partial charge in [0.25, 0.3) is 0 Å². The van der Waals surface area contributed by atoms with E-state index in [1.54, 1.807) is 7.05 Å². The normalized spacial score (nSPS) is 21.1. The van der Waals surface area contributed by atoms with Crippen molar-refractivity contribution in [1.29, 1.82) is 0 Å². The molecule has 0 bridgehead atoms. The number of rotatable bonds is 5. The molecule has 12 heteroatoms.